The molecule has 1 N–H and O–H groups in total. The number of nitrogens with one attached hydrogen (secondary N) is 1. The minimum absolute atomic E-state index is 0.0666. The number of carbonyl (C=O) groups is 1. The summed E-state index contributed by atoms with van der Waals surface area (Å²) in [5, 5.41) is 11.9. The van der Waals surface area contributed by atoms with E-state index in [2.05, 4.69) is 10.1 Å². The lowest BCUT2D eigenvalue weighted by Crippen LogP contribution is -2.13. The van der Waals surface area contributed by atoms with Crippen molar-refractivity contribution in [3.05, 3.63) is 59.2 Å². The van der Waals surface area contributed by atoms with Crippen molar-refractivity contribution in [1.29, 1.82) is 5.26 Å². The predicted molar refractivity (Wildman–Crippen MR) is 97.7 cm³/mol. The Hall–Kier alpha value is -3.40. The topological polar surface area (TPSA) is 71.4 Å². The summed E-state index contributed by atoms with van der Waals surface area (Å²) in [7, 11) is 1.30. The van der Waals surface area contributed by atoms with Crippen LogP contribution in [0.4, 0.5) is 14.5 Å². The molecule has 0 fully saturated rings. The van der Waals surface area contributed by atoms with Gasteiger partial charge in [0.2, 0.25) is 0 Å². The van der Waals surface area contributed by atoms with Gasteiger partial charge in [-0.15, -0.1) is 0 Å². The number of carbonyl (C=O) groups excluding carboxylic acids is 1. The number of hydrogen-bond acceptors (Lipinski definition) is 4. The standard InChI is InChI=1S/C20H18F2N2O3/c1-3-13-4-7-16(8-5-13)24-19(25)15(12-23)10-14-6-9-17(27-20(21)22)18(11-14)26-2/h4-11,20H,3H2,1-2H3,(H,24,25)/b15-10+. The van der Waals surface area contributed by atoms with Crippen molar-refractivity contribution in [3.63, 3.8) is 0 Å². The summed E-state index contributed by atoms with van der Waals surface area (Å²) < 4.78 is 34.1. The minimum atomic E-state index is -2.99. The number of anilines is 1. The number of benzene rings is 2. The van der Waals surface area contributed by atoms with Crippen LogP contribution in [0.5, 0.6) is 11.5 Å². The Bertz CT molecular complexity index is 872. The third kappa shape index (κ3) is 5.54. The second-order valence-corrected chi connectivity index (χ2v) is 5.46. The van der Waals surface area contributed by atoms with Crippen LogP contribution in [0.25, 0.3) is 6.08 Å². The summed E-state index contributed by atoms with van der Waals surface area (Å²) in [5.74, 6) is -0.644. The van der Waals surface area contributed by atoms with Gasteiger partial charge in [-0.1, -0.05) is 25.1 Å². The third-order valence-electron chi connectivity index (χ3n) is 3.70. The quantitative estimate of drug-likeness (QED) is 0.577. The Morgan fingerprint density at radius 1 is 1.22 bits per heavy atom. The minimum Gasteiger partial charge on any atom is -0.493 e. The zero-order valence-electron chi connectivity index (χ0n) is 14.8. The molecule has 140 valence electrons. The van der Waals surface area contributed by atoms with Crippen LogP contribution in [-0.4, -0.2) is 19.6 Å². The summed E-state index contributed by atoms with van der Waals surface area (Å²) in [6.45, 7) is -0.962. The Labute approximate surface area is 155 Å². The Morgan fingerprint density at radius 2 is 1.93 bits per heavy atom. The first kappa shape index (κ1) is 19.9. The van der Waals surface area contributed by atoms with E-state index in [4.69, 9.17) is 4.74 Å². The molecule has 0 radical (unpaired) electrons. The second kappa shape index (κ2) is 9.34. The molecule has 0 spiro atoms. The maximum Gasteiger partial charge on any atom is 0.387 e. The molecule has 2 rings (SSSR count). The number of amides is 1. The van der Waals surface area contributed by atoms with E-state index in [9.17, 15) is 18.8 Å². The summed E-state index contributed by atoms with van der Waals surface area (Å²) in [6.07, 6.45) is 2.22. The molecule has 0 saturated carbocycles. The van der Waals surface area contributed by atoms with Crippen LogP contribution in [0.1, 0.15) is 18.1 Å². The van der Waals surface area contributed by atoms with Crippen LogP contribution in [0.2, 0.25) is 0 Å². The summed E-state index contributed by atoms with van der Waals surface area (Å²) in [5.41, 5.74) is 1.99. The lowest BCUT2D eigenvalue weighted by Gasteiger charge is -2.10. The largest absolute Gasteiger partial charge is 0.493 e. The molecule has 0 aromatic heterocycles. The number of rotatable bonds is 7. The van der Waals surface area contributed by atoms with Gasteiger partial charge in [0.25, 0.3) is 5.91 Å². The van der Waals surface area contributed by atoms with Crippen LogP contribution >= 0.6 is 0 Å². The summed E-state index contributed by atoms with van der Waals surface area (Å²) in [6, 6.07) is 13.2. The normalized spacial score (nSPS) is 11.0. The first-order chi connectivity index (χ1) is 13.0. The molecule has 0 saturated heterocycles. The lowest BCUT2D eigenvalue weighted by atomic mass is 10.1. The fourth-order valence-corrected chi connectivity index (χ4v) is 2.30. The van der Waals surface area contributed by atoms with Crippen molar-refractivity contribution in [3.8, 4) is 17.6 Å². The fourth-order valence-electron chi connectivity index (χ4n) is 2.30. The number of hydrogen-bond donors (Lipinski definition) is 1. The molecular weight excluding hydrogens is 354 g/mol. The van der Waals surface area contributed by atoms with Gasteiger partial charge in [0.15, 0.2) is 11.5 Å². The van der Waals surface area contributed by atoms with Crippen molar-refractivity contribution < 1.29 is 23.0 Å². The van der Waals surface area contributed by atoms with Crippen LogP contribution < -0.4 is 14.8 Å². The average Bonchev–Trinajstić information content (AvgIpc) is 2.67. The van der Waals surface area contributed by atoms with Gasteiger partial charge in [-0.3, -0.25) is 4.79 Å². The van der Waals surface area contributed by atoms with E-state index in [0.29, 0.717) is 11.3 Å². The van der Waals surface area contributed by atoms with E-state index < -0.39 is 12.5 Å². The molecule has 27 heavy (non-hydrogen) atoms. The number of alkyl halides is 2. The molecule has 0 aliphatic carbocycles. The Kier molecular flexibility index (Phi) is 6.89. The second-order valence-electron chi connectivity index (χ2n) is 5.46. The highest BCUT2D eigenvalue weighted by Gasteiger charge is 2.13. The van der Waals surface area contributed by atoms with Crippen molar-refractivity contribution in [2.24, 2.45) is 0 Å². The van der Waals surface area contributed by atoms with Gasteiger partial charge in [-0.25, -0.2) is 0 Å². The van der Waals surface area contributed by atoms with Gasteiger partial charge in [0, 0.05) is 5.69 Å². The fraction of sp³-hybridized carbons (Fsp3) is 0.200. The van der Waals surface area contributed by atoms with E-state index in [1.807, 2.05) is 25.1 Å². The van der Waals surface area contributed by atoms with E-state index >= 15 is 0 Å². The molecule has 2 aromatic carbocycles. The lowest BCUT2D eigenvalue weighted by molar-refractivity contribution is -0.112. The summed E-state index contributed by atoms with van der Waals surface area (Å²) in [4.78, 5) is 12.3. The summed E-state index contributed by atoms with van der Waals surface area (Å²) >= 11 is 0. The maximum atomic E-state index is 12.4. The van der Waals surface area contributed by atoms with Gasteiger partial charge in [0.05, 0.1) is 7.11 Å². The van der Waals surface area contributed by atoms with Crippen LogP contribution in [0.15, 0.2) is 48.0 Å². The highest BCUT2D eigenvalue weighted by Crippen LogP contribution is 2.30. The third-order valence-corrected chi connectivity index (χ3v) is 3.70. The van der Waals surface area contributed by atoms with E-state index in [0.717, 1.165) is 12.0 Å². The van der Waals surface area contributed by atoms with Gasteiger partial charge in [0.1, 0.15) is 11.6 Å². The van der Waals surface area contributed by atoms with Crippen LogP contribution in [-0.2, 0) is 11.2 Å². The Balaban J connectivity index is 2.21. The maximum absolute atomic E-state index is 12.4. The molecular formula is C20H18F2N2O3. The zero-order chi connectivity index (χ0) is 19.8. The highest BCUT2D eigenvalue weighted by molar-refractivity contribution is 6.09. The Morgan fingerprint density at radius 3 is 2.48 bits per heavy atom. The van der Waals surface area contributed by atoms with Gasteiger partial charge < -0.3 is 14.8 Å². The SMILES string of the molecule is CCc1ccc(NC(=O)/C(C#N)=C/c2ccc(OC(F)F)c(OC)c2)cc1. The monoisotopic (exact) mass is 372 g/mol. The average molecular weight is 372 g/mol. The first-order valence-corrected chi connectivity index (χ1v) is 8.11. The predicted octanol–water partition coefficient (Wildman–Crippen LogP) is 4.40. The molecule has 0 atom stereocenters. The molecule has 1 amide bonds. The van der Waals surface area contributed by atoms with Crippen molar-refractivity contribution in [1.82, 2.24) is 0 Å². The number of halogens is 2. The number of aryl methyl sites for hydroxylation is 1. The number of nitriles is 1. The zero-order valence-corrected chi connectivity index (χ0v) is 14.8. The van der Waals surface area contributed by atoms with Crippen molar-refractivity contribution in [2.75, 3.05) is 12.4 Å². The van der Waals surface area contributed by atoms with Gasteiger partial charge in [-0.05, 0) is 47.9 Å². The van der Waals surface area contributed by atoms with Crippen molar-refractivity contribution in [2.45, 2.75) is 20.0 Å². The van der Waals surface area contributed by atoms with E-state index in [1.165, 1.54) is 31.4 Å². The number of ether oxygens (including phenoxy) is 2. The van der Waals surface area contributed by atoms with Crippen LogP contribution in [0.3, 0.4) is 0 Å². The first-order valence-electron chi connectivity index (χ1n) is 8.11. The number of methoxy groups -OCH3 is 1. The van der Waals surface area contributed by atoms with E-state index in [1.54, 1.807) is 12.1 Å². The molecule has 0 aliphatic heterocycles. The van der Waals surface area contributed by atoms with Crippen molar-refractivity contribution >= 4 is 17.7 Å². The highest BCUT2D eigenvalue weighted by atomic mass is 19.3. The molecule has 7 heteroatoms. The molecule has 5 nitrogen and oxygen atoms in total. The molecule has 0 unspecified atom stereocenters. The van der Waals surface area contributed by atoms with Crippen LogP contribution in [0, 0.1) is 11.3 Å². The van der Waals surface area contributed by atoms with E-state index in [-0.39, 0.29) is 17.1 Å². The molecule has 2 aromatic rings. The van der Waals surface area contributed by atoms with Gasteiger partial charge >= 0.3 is 6.61 Å². The molecule has 0 heterocycles. The number of nitrogens with zero attached hydrogens (tertiary/aromatic N) is 1. The smallest absolute Gasteiger partial charge is 0.387 e. The molecule has 0 bridgehead atoms. The molecule has 0 aliphatic rings. The van der Waals surface area contributed by atoms with Gasteiger partial charge in [-0.2, -0.15) is 14.0 Å².